The molecule has 0 bridgehead atoms. The molecule has 0 spiro atoms. The third kappa shape index (κ3) is 3.43. The summed E-state index contributed by atoms with van der Waals surface area (Å²) in [6.45, 7) is 4.06. The number of rotatable bonds is 3. The lowest BCUT2D eigenvalue weighted by atomic mass is 10.1. The zero-order chi connectivity index (χ0) is 19.8. The summed E-state index contributed by atoms with van der Waals surface area (Å²) in [5.74, 6) is -0.0909. The fourth-order valence-corrected chi connectivity index (χ4v) is 4.17. The van der Waals surface area contributed by atoms with Crippen molar-refractivity contribution >= 4 is 34.3 Å². The molecular weight excluding hydrogens is 375 g/mol. The van der Waals surface area contributed by atoms with Crippen LogP contribution in [0.5, 0.6) is 5.75 Å². The summed E-state index contributed by atoms with van der Waals surface area (Å²) in [6.07, 6.45) is 4.08. The van der Waals surface area contributed by atoms with E-state index in [2.05, 4.69) is 34.8 Å². The Morgan fingerprint density at radius 1 is 1.14 bits per heavy atom. The number of hydrogen-bond acceptors (Lipinski definition) is 2. The number of hydrogen-bond donors (Lipinski definition) is 0. The van der Waals surface area contributed by atoms with Gasteiger partial charge in [0.2, 0.25) is 0 Å². The van der Waals surface area contributed by atoms with Crippen LogP contribution in [0.4, 0.5) is 4.39 Å². The second-order valence-corrected chi connectivity index (χ2v) is 7.86. The van der Waals surface area contributed by atoms with Gasteiger partial charge < -0.3 is 14.2 Å². The van der Waals surface area contributed by atoms with Gasteiger partial charge in [-0.1, -0.05) is 17.7 Å². The number of halogens is 2. The van der Waals surface area contributed by atoms with E-state index in [1.165, 1.54) is 29.8 Å². The van der Waals surface area contributed by atoms with E-state index in [1.54, 1.807) is 6.07 Å². The van der Waals surface area contributed by atoms with Crippen LogP contribution in [0.1, 0.15) is 23.7 Å². The third-order valence-corrected chi connectivity index (χ3v) is 5.82. The van der Waals surface area contributed by atoms with E-state index in [0.717, 1.165) is 47.6 Å². The monoisotopic (exact) mass is 398 g/mol. The molecule has 28 heavy (non-hydrogen) atoms. The molecule has 2 heterocycles. The van der Waals surface area contributed by atoms with Gasteiger partial charge in [-0.05, 0) is 67.4 Å². The van der Waals surface area contributed by atoms with Gasteiger partial charge in [-0.3, -0.25) is 0 Å². The highest BCUT2D eigenvalue weighted by molar-refractivity contribution is 6.31. The van der Waals surface area contributed by atoms with Gasteiger partial charge in [-0.15, -0.1) is 0 Å². The van der Waals surface area contributed by atoms with E-state index in [0.29, 0.717) is 0 Å². The molecule has 3 aromatic rings. The number of methoxy groups -OCH3 is 1. The van der Waals surface area contributed by atoms with Gasteiger partial charge in [0.05, 0.1) is 12.6 Å². The van der Waals surface area contributed by atoms with Crippen molar-refractivity contribution in [1.82, 2.24) is 9.47 Å². The van der Waals surface area contributed by atoms with Gasteiger partial charge in [0.25, 0.3) is 0 Å². The number of fused-ring (bicyclic) bond motifs is 3. The number of benzene rings is 2. The SMILES string of the molecule is COc1ccc(/C(C)=C\n2c3c(c4cc(Cl)ccc42)CCN(C)CC3)cc1F. The molecule has 0 saturated heterocycles. The highest BCUT2D eigenvalue weighted by Gasteiger charge is 2.20. The average Bonchev–Trinajstić information content (AvgIpc) is 2.81. The minimum Gasteiger partial charge on any atom is -0.494 e. The number of allylic oxidation sites excluding steroid dienone is 1. The van der Waals surface area contributed by atoms with Gasteiger partial charge >= 0.3 is 0 Å². The smallest absolute Gasteiger partial charge is 0.165 e. The van der Waals surface area contributed by atoms with E-state index in [-0.39, 0.29) is 11.6 Å². The Bertz CT molecular complexity index is 1070. The molecule has 0 N–H and O–H groups in total. The second kappa shape index (κ2) is 7.61. The minimum atomic E-state index is -0.350. The zero-order valence-corrected chi connectivity index (χ0v) is 17.2. The van der Waals surface area contributed by atoms with Crippen molar-refractivity contribution < 1.29 is 9.13 Å². The van der Waals surface area contributed by atoms with Crippen LogP contribution in [0.3, 0.4) is 0 Å². The molecule has 0 atom stereocenters. The summed E-state index contributed by atoms with van der Waals surface area (Å²) in [7, 11) is 3.64. The highest BCUT2D eigenvalue weighted by atomic mass is 35.5. The van der Waals surface area contributed by atoms with Crippen LogP contribution >= 0.6 is 11.6 Å². The van der Waals surface area contributed by atoms with Crippen LogP contribution in [0.25, 0.3) is 22.7 Å². The van der Waals surface area contributed by atoms with Crippen LogP contribution in [0, 0.1) is 5.82 Å². The van der Waals surface area contributed by atoms with Gasteiger partial charge in [-0.2, -0.15) is 0 Å². The first kappa shape index (κ1) is 19.0. The Labute approximate surface area is 170 Å². The first-order chi connectivity index (χ1) is 13.5. The van der Waals surface area contributed by atoms with Crippen LogP contribution in [0.2, 0.25) is 5.02 Å². The van der Waals surface area contributed by atoms with Crippen molar-refractivity contribution in [2.45, 2.75) is 19.8 Å². The highest BCUT2D eigenvalue weighted by Crippen LogP contribution is 2.33. The van der Waals surface area contributed by atoms with E-state index < -0.39 is 0 Å². The molecule has 2 aromatic carbocycles. The van der Waals surface area contributed by atoms with E-state index in [4.69, 9.17) is 16.3 Å². The van der Waals surface area contributed by atoms with Crippen molar-refractivity contribution in [2.75, 3.05) is 27.2 Å². The Kier molecular flexibility index (Phi) is 5.17. The molecule has 1 aliphatic rings. The molecule has 146 valence electrons. The number of likely N-dealkylation sites (N-methyl/N-ethyl adjacent to an activating group) is 1. The lowest BCUT2D eigenvalue weighted by molar-refractivity contribution is 0.351. The first-order valence-corrected chi connectivity index (χ1v) is 9.88. The lowest BCUT2D eigenvalue weighted by Gasteiger charge is -2.13. The lowest BCUT2D eigenvalue weighted by Crippen LogP contribution is -2.21. The maximum absolute atomic E-state index is 14.2. The Balaban J connectivity index is 1.86. The predicted molar refractivity (Wildman–Crippen MR) is 115 cm³/mol. The third-order valence-electron chi connectivity index (χ3n) is 5.59. The molecule has 0 aliphatic carbocycles. The molecule has 5 heteroatoms. The molecule has 3 nitrogen and oxygen atoms in total. The number of ether oxygens (including phenoxy) is 1. The molecule has 1 aliphatic heterocycles. The molecule has 0 saturated carbocycles. The summed E-state index contributed by atoms with van der Waals surface area (Å²) in [6, 6.07) is 11.2. The zero-order valence-electron chi connectivity index (χ0n) is 16.4. The number of aromatic nitrogens is 1. The normalized spacial score (nSPS) is 15.5. The van der Waals surface area contributed by atoms with Gasteiger partial charge in [0.1, 0.15) is 0 Å². The summed E-state index contributed by atoms with van der Waals surface area (Å²) in [5.41, 5.74) is 5.66. The second-order valence-electron chi connectivity index (χ2n) is 7.42. The van der Waals surface area contributed by atoms with E-state index in [1.807, 2.05) is 19.1 Å². The molecule has 0 radical (unpaired) electrons. The fourth-order valence-electron chi connectivity index (χ4n) is 4.00. The molecule has 0 fully saturated rings. The van der Waals surface area contributed by atoms with Crippen LogP contribution in [-0.4, -0.2) is 36.7 Å². The van der Waals surface area contributed by atoms with Crippen molar-refractivity contribution in [3.8, 4) is 5.75 Å². The van der Waals surface area contributed by atoms with E-state index >= 15 is 0 Å². The number of nitrogens with zero attached hydrogens (tertiary/aromatic N) is 2. The fraction of sp³-hybridized carbons (Fsp3) is 0.304. The Morgan fingerprint density at radius 2 is 1.93 bits per heavy atom. The summed E-state index contributed by atoms with van der Waals surface area (Å²) < 4.78 is 21.5. The molecule has 1 aromatic heterocycles. The topological polar surface area (TPSA) is 17.4 Å². The van der Waals surface area contributed by atoms with Gasteiger partial charge in [0, 0.05) is 41.8 Å². The van der Waals surface area contributed by atoms with Crippen molar-refractivity contribution in [3.05, 3.63) is 64.1 Å². The Morgan fingerprint density at radius 3 is 2.68 bits per heavy atom. The van der Waals surface area contributed by atoms with Crippen molar-refractivity contribution in [2.24, 2.45) is 0 Å². The molecular formula is C23H24ClFN2O. The summed E-state index contributed by atoms with van der Waals surface area (Å²) in [5, 5.41) is 1.96. The molecule has 0 amide bonds. The molecule has 0 unspecified atom stereocenters. The van der Waals surface area contributed by atoms with Gasteiger partial charge in [0.15, 0.2) is 11.6 Å². The molecule has 4 rings (SSSR count). The standard InChI is InChI=1S/C23H24ClFN2O/c1-15(16-4-7-23(28-3)20(25)12-16)14-27-21-6-5-17(24)13-19(21)18-8-10-26(2)11-9-22(18)27/h4-7,12-14H,8-11H2,1-3H3/b15-14-. The predicted octanol–water partition coefficient (Wildman–Crippen LogP) is 5.49. The van der Waals surface area contributed by atoms with Gasteiger partial charge in [-0.25, -0.2) is 4.39 Å². The quantitative estimate of drug-likeness (QED) is 0.580. The van der Waals surface area contributed by atoms with Crippen molar-refractivity contribution in [3.63, 3.8) is 0 Å². The average molecular weight is 399 g/mol. The van der Waals surface area contributed by atoms with Crippen LogP contribution in [-0.2, 0) is 12.8 Å². The maximum atomic E-state index is 14.2. The minimum absolute atomic E-state index is 0.259. The summed E-state index contributed by atoms with van der Waals surface area (Å²) in [4.78, 5) is 2.36. The van der Waals surface area contributed by atoms with Crippen LogP contribution < -0.4 is 4.74 Å². The van der Waals surface area contributed by atoms with Crippen molar-refractivity contribution in [1.29, 1.82) is 0 Å². The van der Waals surface area contributed by atoms with Crippen LogP contribution in [0.15, 0.2) is 36.4 Å². The summed E-state index contributed by atoms with van der Waals surface area (Å²) >= 11 is 6.30. The largest absolute Gasteiger partial charge is 0.494 e. The Hall–Kier alpha value is -2.30. The van der Waals surface area contributed by atoms with E-state index in [9.17, 15) is 4.39 Å². The maximum Gasteiger partial charge on any atom is 0.165 e. The first-order valence-electron chi connectivity index (χ1n) is 9.50.